The molecular formula is C21H19N3O5S. The standard InChI is InChI=1S/C21H19N3O5S/c1-10-12(25)9-11(13-3-2-7-28-13)24-17(10)21-5-4-14(29-21)15(16(21)19(24)27)18(26)23-20-22-6-8-30-20/h2-8,10-11,14-17H,9H2,1H3,(H,22,23,26)/t10-,11-,14-,15-,16+,17-,21+/m1/s1. The van der Waals surface area contributed by atoms with Crippen LogP contribution in [0.5, 0.6) is 0 Å². The van der Waals surface area contributed by atoms with E-state index in [1.165, 1.54) is 11.3 Å². The average molecular weight is 425 g/mol. The number of nitrogens with one attached hydrogen (secondary N) is 1. The van der Waals surface area contributed by atoms with Gasteiger partial charge in [0.05, 0.1) is 36.3 Å². The van der Waals surface area contributed by atoms with E-state index in [4.69, 9.17) is 9.15 Å². The first-order chi connectivity index (χ1) is 14.5. The van der Waals surface area contributed by atoms with E-state index in [0.29, 0.717) is 10.9 Å². The number of ether oxygens (including phenoxy) is 1. The molecule has 1 spiro atoms. The van der Waals surface area contributed by atoms with E-state index in [1.54, 1.807) is 34.9 Å². The zero-order valence-corrected chi connectivity index (χ0v) is 16.9. The van der Waals surface area contributed by atoms with Crippen molar-refractivity contribution in [2.24, 2.45) is 17.8 Å². The Balaban J connectivity index is 1.41. The lowest BCUT2D eigenvalue weighted by Gasteiger charge is -2.43. The molecule has 2 amide bonds. The van der Waals surface area contributed by atoms with Crippen LogP contribution in [0, 0.1) is 17.8 Å². The molecular weight excluding hydrogens is 406 g/mol. The maximum Gasteiger partial charge on any atom is 0.233 e. The number of ketones is 1. The Morgan fingerprint density at radius 2 is 2.27 bits per heavy atom. The Bertz CT molecular complexity index is 1060. The lowest BCUT2D eigenvalue weighted by Crippen LogP contribution is -2.55. The third-order valence-corrected chi connectivity index (χ3v) is 7.61. The second kappa shape index (κ2) is 6.12. The van der Waals surface area contributed by atoms with Gasteiger partial charge in [0.1, 0.15) is 17.1 Å². The maximum atomic E-state index is 13.7. The van der Waals surface area contributed by atoms with Gasteiger partial charge in [-0.25, -0.2) is 4.98 Å². The normalized spacial score (nSPS) is 38.8. The van der Waals surface area contributed by atoms with Gasteiger partial charge in [-0.2, -0.15) is 0 Å². The first-order valence-corrected chi connectivity index (χ1v) is 10.8. The highest BCUT2D eigenvalue weighted by atomic mass is 32.1. The molecule has 2 aromatic heterocycles. The zero-order valence-electron chi connectivity index (χ0n) is 16.1. The molecule has 0 radical (unpaired) electrons. The van der Waals surface area contributed by atoms with E-state index in [9.17, 15) is 14.4 Å². The van der Waals surface area contributed by atoms with E-state index in [2.05, 4.69) is 10.3 Å². The van der Waals surface area contributed by atoms with Gasteiger partial charge in [0, 0.05) is 23.9 Å². The summed E-state index contributed by atoms with van der Waals surface area (Å²) in [6.07, 6.45) is 6.61. The molecule has 1 N–H and O–H groups in total. The van der Waals surface area contributed by atoms with Crippen molar-refractivity contribution >= 4 is 34.1 Å². The van der Waals surface area contributed by atoms with Gasteiger partial charge in [0.25, 0.3) is 0 Å². The van der Waals surface area contributed by atoms with Crippen LogP contribution < -0.4 is 5.32 Å². The first-order valence-electron chi connectivity index (χ1n) is 9.97. The van der Waals surface area contributed by atoms with Gasteiger partial charge in [-0.3, -0.25) is 14.4 Å². The van der Waals surface area contributed by atoms with E-state index in [-0.39, 0.29) is 24.0 Å². The predicted octanol–water partition coefficient (Wildman–Crippen LogP) is 2.18. The van der Waals surface area contributed by atoms with Crippen LogP contribution in [0.25, 0.3) is 0 Å². The van der Waals surface area contributed by atoms with Crippen molar-refractivity contribution in [3.05, 3.63) is 47.9 Å². The SMILES string of the molecule is C[C@@H]1C(=O)C[C@H](c2ccco2)N2C(=O)[C@@H]3[C@H](C(=O)Nc4nccs4)[C@H]4C=C[C@@]3(O4)[C@@H]12. The van der Waals surface area contributed by atoms with Gasteiger partial charge in [-0.15, -0.1) is 11.3 Å². The van der Waals surface area contributed by atoms with Crippen LogP contribution in [0.4, 0.5) is 5.13 Å². The first kappa shape index (κ1) is 18.0. The molecule has 7 atom stereocenters. The molecule has 0 aromatic carbocycles. The van der Waals surface area contributed by atoms with E-state index in [1.807, 2.05) is 19.1 Å². The number of carbonyl (C=O) groups is 3. The summed E-state index contributed by atoms with van der Waals surface area (Å²) in [4.78, 5) is 45.6. The van der Waals surface area contributed by atoms with Crippen LogP contribution >= 0.6 is 11.3 Å². The minimum absolute atomic E-state index is 0.0663. The van der Waals surface area contributed by atoms with Crippen LogP contribution in [-0.2, 0) is 19.1 Å². The molecule has 3 fully saturated rings. The van der Waals surface area contributed by atoms with Gasteiger partial charge in [-0.05, 0) is 12.1 Å². The van der Waals surface area contributed by atoms with E-state index in [0.717, 1.165) is 0 Å². The van der Waals surface area contributed by atoms with Crippen molar-refractivity contribution in [3.8, 4) is 0 Å². The quantitative estimate of drug-likeness (QED) is 0.757. The summed E-state index contributed by atoms with van der Waals surface area (Å²) in [5.74, 6) is -1.54. The lowest BCUT2D eigenvalue weighted by atomic mass is 9.70. The summed E-state index contributed by atoms with van der Waals surface area (Å²) >= 11 is 1.32. The molecule has 4 aliphatic rings. The fourth-order valence-corrected chi connectivity index (χ4v) is 6.27. The zero-order chi connectivity index (χ0) is 20.6. The number of hydrogen-bond acceptors (Lipinski definition) is 7. The van der Waals surface area contributed by atoms with Gasteiger partial charge < -0.3 is 19.4 Å². The van der Waals surface area contributed by atoms with Gasteiger partial charge in [0.2, 0.25) is 11.8 Å². The van der Waals surface area contributed by atoms with Crippen LogP contribution in [-0.4, -0.2) is 45.2 Å². The summed E-state index contributed by atoms with van der Waals surface area (Å²) in [6.45, 7) is 1.84. The topological polar surface area (TPSA) is 102 Å². The number of piperidine rings is 1. The Hall–Kier alpha value is -2.78. The average Bonchev–Trinajstić information content (AvgIpc) is 3.52. The van der Waals surface area contributed by atoms with E-state index >= 15 is 0 Å². The van der Waals surface area contributed by atoms with Crippen molar-refractivity contribution < 1.29 is 23.5 Å². The fraction of sp³-hybridized carbons (Fsp3) is 0.429. The van der Waals surface area contributed by atoms with Gasteiger partial charge in [0.15, 0.2) is 5.13 Å². The number of aromatic nitrogens is 1. The summed E-state index contributed by atoms with van der Waals surface area (Å²) in [5.41, 5.74) is -0.979. The minimum atomic E-state index is -0.979. The molecule has 0 aliphatic carbocycles. The number of hydrogen-bond donors (Lipinski definition) is 1. The number of furan rings is 1. The monoisotopic (exact) mass is 425 g/mol. The number of carbonyl (C=O) groups excluding carboxylic acids is 3. The van der Waals surface area contributed by atoms with Gasteiger partial charge >= 0.3 is 0 Å². The summed E-state index contributed by atoms with van der Waals surface area (Å²) in [7, 11) is 0. The number of amides is 2. The summed E-state index contributed by atoms with van der Waals surface area (Å²) in [5, 5.41) is 5.08. The van der Waals surface area contributed by atoms with Crippen molar-refractivity contribution in [1.29, 1.82) is 0 Å². The van der Waals surface area contributed by atoms with Crippen LogP contribution in [0.15, 0.2) is 46.5 Å². The number of fused-ring (bicyclic) bond motifs is 2. The fourth-order valence-electron chi connectivity index (χ4n) is 5.74. The third kappa shape index (κ3) is 2.19. The van der Waals surface area contributed by atoms with Crippen LogP contribution in [0.3, 0.4) is 0 Å². The van der Waals surface area contributed by atoms with E-state index < -0.39 is 41.5 Å². The molecule has 0 unspecified atom stereocenters. The largest absolute Gasteiger partial charge is 0.467 e. The Morgan fingerprint density at radius 1 is 1.40 bits per heavy atom. The molecule has 6 rings (SSSR count). The van der Waals surface area contributed by atoms with Crippen molar-refractivity contribution in [2.75, 3.05) is 5.32 Å². The minimum Gasteiger partial charge on any atom is -0.467 e. The molecule has 4 aliphatic heterocycles. The van der Waals surface area contributed by atoms with Gasteiger partial charge in [-0.1, -0.05) is 19.1 Å². The molecule has 30 heavy (non-hydrogen) atoms. The second-order valence-electron chi connectivity index (χ2n) is 8.31. The van der Waals surface area contributed by atoms with Crippen molar-refractivity contribution in [1.82, 2.24) is 9.88 Å². The molecule has 8 nitrogen and oxygen atoms in total. The second-order valence-corrected chi connectivity index (χ2v) is 9.20. The highest BCUT2D eigenvalue weighted by Crippen LogP contribution is 2.59. The molecule has 2 bridgehead atoms. The number of Topliss-reactive ketones (excluding diaryl/α,β-unsaturated/α-hetero) is 1. The lowest BCUT2D eigenvalue weighted by molar-refractivity contribution is -0.147. The van der Waals surface area contributed by atoms with Crippen molar-refractivity contribution in [2.45, 2.75) is 37.1 Å². The molecule has 154 valence electrons. The smallest absolute Gasteiger partial charge is 0.233 e. The number of thiazole rings is 1. The summed E-state index contributed by atoms with van der Waals surface area (Å²) < 4.78 is 11.9. The number of nitrogens with zero attached hydrogens (tertiary/aromatic N) is 2. The molecule has 2 aromatic rings. The van der Waals surface area contributed by atoms with Crippen LogP contribution in [0.1, 0.15) is 25.1 Å². The molecule has 9 heteroatoms. The Kier molecular flexibility index (Phi) is 3.67. The molecule has 0 saturated carbocycles. The highest BCUT2D eigenvalue weighted by molar-refractivity contribution is 7.13. The molecule has 6 heterocycles. The number of anilines is 1. The Labute approximate surface area is 175 Å². The Morgan fingerprint density at radius 3 is 3.00 bits per heavy atom. The maximum absolute atomic E-state index is 13.7. The van der Waals surface area contributed by atoms with Crippen molar-refractivity contribution in [3.63, 3.8) is 0 Å². The number of rotatable bonds is 3. The summed E-state index contributed by atoms with van der Waals surface area (Å²) in [6, 6.07) is 2.58. The molecule has 3 saturated heterocycles. The predicted molar refractivity (Wildman–Crippen MR) is 105 cm³/mol. The van der Waals surface area contributed by atoms with Crippen LogP contribution in [0.2, 0.25) is 0 Å². The highest BCUT2D eigenvalue weighted by Gasteiger charge is 2.74. The third-order valence-electron chi connectivity index (χ3n) is 6.92.